The van der Waals surface area contributed by atoms with Crippen molar-refractivity contribution in [1.82, 2.24) is 4.90 Å². The molecule has 0 saturated heterocycles. The Morgan fingerprint density at radius 1 is 1.08 bits per heavy atom. The largest absolute Gasteiger partial charge is 0.394 e. The number of oxime groups is 1. The highest BCUT2D eigenvalue weighted by atomic mass is 16.6. The van der Waals surface area contributed by atoms with Crippen LogP contribution in [0.1, 0.15) is 26.3 Å². The van der Waals surface area contributed by atoms with E-state index in [1.165, 1.54) is 24.4 Å². The van der Waals surface area contributed by atoms with Crippen molar-refractivity contribution in [2.45, 2.75) is 0 Å². The topological polar surface area (TPSA) is 102 Å². The van der Waals surface area contributed by atoms with E-state index in [9.17, 15) is 19.7 Å². The van der Waals surface area contributed by atoms with Crippen LogP contribution in [-0.4, -0.2) is 41.0 Å². The van der Waals surface area contributed by atoms with Gasteiger partial charge in [-0.3, -0.25) is 24.6 Å². The second-order valence-electron chi connectivity index (χ2n) is 5.23. The first-order chi connectivity index (χ1) is 12.1. The molecule has 8 nitrogen and oxygen atoms in total. The number of carbonyl (C=O) groups excluding carboxylic acids is 2. The van der Waals surface area contributed by atoms with Crippen LogP contribution in [0.4, 0.5) is 5.69 Å². The molecule has 1 aliphatic heterocycles. The molecule has 2 amide bonds. The van der Waals surface area contributed by atoms with Crippen molar-refractivity contribution in [3.05, 3.63) is 75.3 Å². The number of fused-ring (bicyclic) bond motifs is 1. The van der Waals surface area contributed by atoms with Gasteiger partial charge in [-0.25, -0.2) is 0 Å². The van der Waals surface area contributed by atoms with E-state index in [2.05, 4.69) is 5.16 Å². The first-order valence-corrected chi connectivity index (χ1v) is 7.43. The molecule has 0 bridgehead atoms. The third-order valence-electron chi connectivity index (χ3n) is 3.64. The van der Waals surface area contributed by atoms with Gasteiger partial charge in [0.25, 0.3) is 17.5 Å². The second kappa shape index (κ2) is 6.91. The second-order valence-corrected chi connectivity index (χ2v) is 5.23. The van der Waals surface area contributed by atoms with Crippen molar-refractivity contribution in [1.29, 1.82) is 0 Å². The van der Waals surface area contributed by atoms with Gasteiger partial charge >= 0.3 is 0 Å². The smallest absolute Gasteiger partial charge is 0.270 e. The molecule has 1 aliphatic rings. The van der Waals surface area contributed by atoms with E-state index in [-0.39, 0.29) is 30.7 Å². The summed E-state index contributed by atoms with van der Waals surface area (Å²) in [6.45, 7) is 0.0928. The predicted molar refractivity (Wildman–Crippen MR) is 88.5 cm³/mol. The zero-order valence-corrected chi connectivity index (χ0v) is 13.0. The maximum Gasteiger partial charge on any atom is 0.270 e. The number of carbonyl (C=O) groups is 2. The number of nitrogens with zero attached hydrogens (tertiary/aromatic N) is 3. The molecule has 0 aliphatic carbocycles. The molecule has 0 radical (unpaired) electrons. The lowest BCUT2D eigenvalue weighted by Gasteiger charge is -2.12. The summed E-state index contributed by atoms with van der Waals surface area (Å²) in [5.41, 5.74) is 1.23. The molecule has 0 fully saturated rings. The van der Waals surface area contributed by atoms with Gasteiger partial charge in [-0.2, -0.15) is 0 Å². The molecule has 3 rings (SSSR count). The minimum Gasteiger partial charge on any atom is -0.394 e. The number of amides is 2. The van der Waals surface area contributed by atoms with Crippen LogP contribution in [0.2, 0.25) is 0 Å². The fraction of sp³-hybridized carbons (Fsp3) is 0.118. The van der Waals surface area contributed by atoms with Crippen molar-refractivity contribution in [2.24, 2.45) is 5.16 Å². The average Bonchev–Trinajstić information content (AvgIpc) is 2.87. The fourth-order valence-corrected chi connectivity index (χ4v) is 2.44. The molecule has 8 heteroatoms. The summed E-state index contributed by atoms with van der Waals surface area (Å²) in [6, 6.07) is 12.5. The number of rotatable bonds is 6. The van der Waals surface area contributed by atoms with Crippen molar-refractivity contribution in [2.75, 3.05) is 13.2 Å². The van der Waals surface area contributed by atoms with Crippen molar-refractivity contribution < 1.29 is 19.3 Å². The van der Waals surface area contributed by atoms with Gasteiger partial charge in [0.15, 0.2) is 0 Å². The number of imide groups is 1. The molecule has 0 saturated carbocycles. The number of nitro benzene ring substituents is 1. The molecular formula is C17H13N3O5. The van der Waals surface area contributed by atoms with Crippen LogP contribution in [0.25, 0.3) is 0 Å². The Kier molecular flexibility index (Phi) is 4.51. The zero-order valence-electron chi connectivity index (χ0n) is 13.0. The summed E-state index contributed by atoms with van der Waals surface area (Å²) in [4.78, 5) is 40.6. The van der Waals surface area contributed by atoms with E-state index in [0.29, 0.717) is 16.7 Å². The van der Waals surface area contributed by atoms with Crippen LogP contribution >= 0.6 is 0 Å². The van der Waals surface area contributed by atoms with E-state index in [1.807, 2.05) is 0 Å². The molecule has 0 spiro atoms. The number of benzene rings is 2. The molecular weight excluding hydrogens is 326 g/mol. The van der Waals surface area contributed by atoms with Crippen LogP contribution in [0, 0.1) is 10.1 Å². The summed E-state index contributed by atoms with van der Waals surface area (Å²) in [5, 5.41) is 14.4. The van der Waals surface area contributed by atoms with Gasteiger partial charge in [0, 0.05) is 17.7 Å². The Morgan fingerprint density at radius 2 is 1.76 bits per heavy atom. The minimum atomic E-state index is -0.500. The summed E-state index contributed by atoms with van der Waals surface area (Å²) < 4.78 is 0. The number of hydrogen-bond acceptors (Lipinski definition) is 6. The van der Waals surface area contributed by atoms with Crippen LogP contribution in [0.5, 0.6) is 0 Å². The highest BCUT2D eigenvalue weighted by Crippen LogP contribution is 2.21. The van der Waals surface area contributed by atoms with E-state index < -0.39 is 4.92 Å². The van der Waals surface area contributed by atoms with Gasteiger partial charge in [-0.15, -0.1) is 0 Å². The Bertz CT molecular complexity index is 843. The molecule has 0 unspecified atom stereocenters. The molecule has 25 heavy (non-hydrogen) atoms. The fourth-order valence-electron chi connectivity index (χ4n) is 2.44. The van der Waals surface area contributed by atoms with Crippen molar-refractivity contribution in [3.63, 3.8) is 0 Å². The standard InChI is InChI=1S/C17H13N3O5/c21-16-14-6-1-2-7-15(14)17(22)19(16)8-9-25-18-11-12-4-3-5-13(10-12)20(23)24/h1-7,10-11H,8-9H2. The summed E-state index contributed by atoms with van der Waals surface area (Å²) in [5.74, 6) is -0.710. The Labute approximate surface area is 142 Å². The minimum absolute atomic E-state index is 0.0247. The van der Waals surface area contributed by atoms with E-state index in [1.54, 1.807) is 30.3 Å². The van der Waals surface area contributed by atoms with E-state index in [0.717, 1.165) is 4.90 Å². The van der Waals surface area contributed by atoms with E-state index >= 15 is 0 Å². The summed E-state index contributed by atoms with van der Waals surface area (Å²) in [6.07, 6.45) is 1.33. The Hall–Kier alpha value is -3.55. The van der Waals surface area contributed by atoms with Crippen molar-refractivity contribution >= 4 is 23.7 Å². The number of hydrogen-bond donors (Lipinski definition) is 0. The lowest BCUT2D eigenvalue weighted by atomic mass is 10.1. The molecule has 0 N–H and O–H groups in total. The normalized spacial score (nSPS) is 13.4. The Balaban J connectivity index is 1.54. The van der Waals surface area contributed by atoms with Crippen LogP contribution in [-0.2, 0) is 4.84 Å². The van der Waals surface area contributed by atoms with Gasteiger partial charge in [0.1, 0.15) is 6.61 Å². The first-order valence-electron chi connectivity index (χ1n) is 7.43. The lowest BCUT2D eigenvalue weighted by molar-refractivity contribution is -0.384. The third kappa shape index (κ3) is 3.37. The molecule has 126 valence electrons. The average molecular weight is 339 g/mol. The highest BCUT2D eigenvalue weighted by molar-refractivity contribution is 6.21. The Morgan fingerprint density at radius 3 is 2.40 bits per heavy atom. The van der Waals surface area contributed by atoms with Crippen LogP contribution in [0.15, 0.2) is 53.7 Å². The molecule has 1 heterocycles. The van der Waals surface area contributed by atoms with Gasteiger partial charge in [0.2, 0.25) is 0 Å². The summed E-state index contributed by atoms with van der Waals surface area (Å²) in [7, 11) is 0. The predicted octanol–water partition coefficient (Wildman–Crippen LogP) is 2.24. The SMILES string of the molecule is O=C1c2ccccc2C(=O)N1CCON=Cc1cccc([N+](=O)[O-])c1. The quantitative estimate of drug-likeness (QED) is 0.264. The van der Waals surface area contributed by atoms with Crippen LogP contribution < -0.4 is 0 Å². The molecule has 0 atom stereocenters. The molecule has 2 aromatic carbocycles. The molecule has 2 aromatic rings. The van der Waals surface area contributed by atoms with Crippen LogP contribution in [0.3, 0.4) is 0 Å². The highest BCUT2D eigenvalue weighted by Gasteiger charge is 2.34. The first kappa shape index (κ1) is 16.3. The lowest BCUT2D eigenvalue weighted by Crippen LogP contribution is -2.32. The van der Waals surface area contributed by atoms with Gasteiger partial charge in [0.05, 0.1) is 28.8 Å². The van der Waals surface area contributed by atoms with Crippen molar-refractivity contribution in [3.8, 4) is 0 Å². The monoisotopic (exact) mass is 339 g/mol. The maximum atomic E-state index is 12.1. The number of non-ortho nitro benzene ring substituents is 1. The zero-order chi connectivity index (χ0) is 17.8. The molecule has 0 aromatic heterocycles. The van der Waals surface area contributed by atoms with Gasteiger partial charge in [-0.05, 0) is 12.1 Å². The summed E-state index contributed by atoms with van der Waals surface area (Å²) >= 11 is 0. The number of nitro groups is 1. The maximum absolute atomic E-state index is 12.1. The van der Waals surface area contributed by atoms with Gasteiger partial charge in [-0.1, -0.05) is 29.4 Å². The third-order valence-corrected chi connectivity index (χ3v) is 3.64. The van der Waals surface area contributed by atoms with Gasteiger partial charge < -0.3 is 4.84 Å². The van der Waals surface area contributed by atoms with E-state index in [4.69, 9.17) is 4.84 Å².